The van der Waals surface area contributed by atoms with Gasteiger partial charge in [0.25, 0.3) is 0 Å². The lowest BCUT2D eigenvalue weighted by Crippen LogP contribution is -2.34. The van der Waals surface area contributed by atoms with E-state index in [9.17, 15) is 4.79 Å². The minimum Gasteiger partial charge on any atom is -0.480 e. The number of carbonyl (C=O) groups is 1. The van der Waals surface area contributed by atoms with Crippen LogP contribution in [0.3, 0.4) is 0 Å². The quantitative estimate of drug-likeness (QED) is 0.462. The first-order valence-corrected chi connectivity index (χ1v) is 2.73. The average molecular weight is 133 g/mol. The highest BCUT2D eigenvalue weighted by Crippen LogP contribution is 1.87. The van der Waals surface area contributed by atoms with Crippen molar-refractivity contribution >= 4 is 5.97 Å². The Balaban J connectivity index is 3.54. The highest BCUT2D eigenvalue weighted by Gasteiger charge is 2.12. The zero-order chi connectivity index (χ0) is 7.28. The van der Waals surface area contributed by atoms with E-state index in [-0.39, 0.29) is 13.0 Å². The molecule has 1 atom stereocenters. The summed E-state index contributed by atoms with van der Waals surface area (Å²) in [5.74, 6) is -0.924. The Labute approximate surface area is 53.5 Å². The molecule has 0 amide bonds. The number of aliphatic hydroxyl groups excluding tert-OH is 1. The number of carboxylic acid groups (broad SMARTS) is 1. The summed E-state index contributed by atoms with van der Waals surface area (Å²) in [6.07, 6.45) is 0.256. The minimum atomic E-state index is -0.924. The number of hydrogen-bond donors (Lipinski definition) is 3. The molecule has 54 valence electrons. The van der Waals surface area contributed by atoms with Crippen LogP contribution in [0.2, 0.25) is 0 Å². The van der Waals surface area contributed by atoms with Gasteiger partial charge in [0.2, 0.25) is 0 Å². The molecular weight excluding hydrogens is 122 g/mol. The van der Waals surface area contributed by atoms with Crippen LogP contribution < -0.4 is 5.32 Å². The third-order valence-corrected chi connectivity index (χ3v) is 1.06. The first-order valence-electron chi connectivity index (χ1n) is 2.73. The maximum atomic E-state index is 10.1. The van der Waals surface area contributed by atoms with Crippen molar-refractivity contribution in [1.82, 2.24) is 5.32 Å². The highest BCUT2D eigenvalue weighted by atomic mass is 16.4. The predicted molar refractivity (Wildman–Crippen MR) is 32.2 cm³/mol. The van der Waals surface area contributed by atoms with Gasteiger partial charge in [0.05, 0.1) is 0 Å². The van der Waals surface area contributed by atoms with Gasteiger partial charge in [-0.2, -0.15) is 0 Å². The van der Waals surface area contributed by atoms with Gasteiger partial charge in [0, 0.05) is 6.61 Å². The molecule has 0 saturated heterocycles. The van der Waals surface area contributed by atoms with Crippen molar-refractivity contribution < 1.29 is 15.0 Å². The van der Waals surface area contributed by atoms with Gasteiger partial charge in [-0.15, -0.1) is 0 Å². The van der Waals surface area contributed by atoms with E-state index in [1.807, 2.05) is 0 Å². The van der Waals surface area contributed by atoms with Gasteiger partial charge in [0.1, 0.15) is 6.04 Å². The summed E-state index contributed by atoms with van der Waals surface area (Å²) in [7, 11) is 1.55. The van der Waals surface area contributed by atoms with E-state index in [4.69, 9.17) is 10.2 Å². The van der Waals surface area contributed by atoms with Crippen molar-refractivity contribution in [2.75, 3.05) is 13.7 Å². The molecule has 0 aliphatic heterocycles. The predicted octanol–water partition coefficient (Wildman–Crippen LogP) is -0.959. The molecular formula is C5H11NO3. The molecule has 0 aromatic rings. The van der Waals surface area contributed by atoms with Crippen LogP contribution in [0.15, 0.2) is 0 Å². The molecule has 0 saturated carbocycles. The smallest absolute Gasteiger partial charge is 0.320 e. The van der Waals surface area contributed by atoms with Crippen LogP contribution in [0.1, 0.15) is 6.42 Å². The lowest BCUT2D eigenvalue weighted by molar-refractivity contribution is -0.139. The van der Waals surface area contributed by atoms with Crippen LogP contribution in [-0.4, -0.2) is 35.9 Å². The van der Waals surface area contributed by atoms with Crippen LogP contribution >= 0.6 is 0 Å². The summed E-state index contributed by atoms with van der Waals surface area (Å²) in [5, 5.41) is 19.2. The molecule has 4 heteroatoms. The monoisotopic (exact) mass is 133 g/mol. The van der Waals surface area contributed by atoms with Crippen LogP contribution in [0.25, 0.3) is 0 Å². The molecule has 0 heterocycles. The number of carboxylic acids is 1. The van der Waals surface area contributed by atoms with Gasteiger partial charge < -0.3 is 15.5 Å². The molecule has 0 unspecified atom stereocenters. The Bertz CT molecular complexity index is 94.2. The molecule has 0 aliphatic rings. The van der Waals surface area contributed by atoms with Gasteiger partial charge in [-0.1, -0.05) is 0 Å². The fourth-order valence-corrected chi connectivity index (χ4v) is 0.520. The SMILES string of the molecule is CN[C@@H](CCO)C(=O)O. The molecule has 0 aromatic heterocycles. The van der Waals surface area contributed by atoms with E-state index in [0.717, 1.165) is 0 Å². The first kappa shape index (κ1) is 8.39. The number of rotatable bonds is 4. The Morgan fingerprint density at radius 1 is 1.78 bits per heavy atom. The van der Waals surface area contributed by atoms with Crippen molar-refractivity contribution in [3.05, 3.63) is 0 Å². The molecule has 0 bridgehead atoms. The van der Waals surface area contributed by atoms with E-state index < -0.39 is 12.0 Å². The second-order valence-corrected chi connectivity index (χ2v) is 1.69. The minimum absolute atomic E-state index is 0.0994. The zero-order valence-corrected chi connectivity index (χ0v) is 5.29. The van der Waals surface area contributed by atoms with E-state index in [2.05, 4.69) is 5.32 Å². The van der Waals surface area contributed by atoms with Gasteiger partial charge in [-0.05, 0) is 13.5 Å². The van der Waals surface area contributed by atoms with Gasteiger partial charge in [-0.3, -0.25) is 4.79 Å². The Morgan fingerprint density at radius 3 is 2.44 bits per heavy atom. The van der Waals surface area contributed by atoms with Crippen molar-refractivity contribution in [3.63, 3.8) is 0 Å². The number of hydrogen-bond acceptors (Lipinski definition) is 3. The summed E-state index contributed by atoms with van der Waals surface area (Å²) < 4.78 is 0. The Hall–Kier alpha value is -0.610. The van der Waals surface area contributed by atoms with Crippen LogP contribution in [0.4, 0.5) is 0 Å². The van der Waals surface area contributed by atoms with Gasteiger partial charge in [0.15, 0.2) is 0 Å². The first-order chi connectivity index (χ1) is 4.22. The average Bonchev–Trinajstić information content (AvgIpc) is 1.82. The molecule has 9 heavy (non-hydrogen) atoms. The molecule has 0 radical (unpaired) electrons. The topological polar surface area (TPSA) is 69.6 Å². The molecule has 0 aliphatic carbocycles. The zero-order valence-electron chi connectivity index (χ0n) is 5.29. The molecule has 0 spiro atoms. The molecule has 4 nitrogen and oxygen atoms in total. The fourth-order valence-electron chi connectivity index (χ4n) is 0.520. The summed E-state index contributed by atoms with van der Waals surface area (Å²) in [6.45, 7) is -0.0994. The second-order valence-electron chi connectivity index (χ2n) is 1.69. The van der Waals surface area contributed by atoms with Crippen molar-refractivity contribution in [1.29, 1.82) is 0 Å². The summed E-state index contributed by atoms with van der Waals surface area (Å²) in [4.78, 5) is 10.1. The van der Waals surface area contributed by atoms with E-state index in [0.29, 0.717) is 0 Å². The maximum Gasteiger partial charge on any atom is 0.320 e. The Morgan fingerprint density at radius 2 is 2.33 bits per heavy atom. The molecule has 0 fully saturated rings. The molecule has 3 N–H and O–H groups in total. The Kier molecular flexibility index (Phi) is 4.00. The third kappa shape index (κ3) is 3.05. The number of nitrogens with one attached hydrogen (secondary N) is 1. The van der Waals surface area contributed by atoms with Crippen molar-refractivity contribution in [3.8, 4) is 0 Å². The standard InChI is InChI=1S/C5H11NO3/c1-6-4(2-3-7)5(8)9/h4,6-7H,2-3H2,1H3,(H,8,9)/t4-/m0/s1. The highest BCUT2D eigenvalue weighted by molar-refractivity contribution is 5.73. The van der Waals surface area contributed by atoms with Gasteiger partial charge >= 0.3 is 5.97 Å². The second kappa shape index (κ2) is 4.29. The summed E-state index contributed by atoms with van der Waals surface area (Å²) >= 11 is 0. The number of aliphatic hydroxyl groups is 1. The van der Waals surface area contributed by atoms with Crippen molar-refractivity contribution in [2.24, 2.45) is 0 Å². The molecule has 0 aromatic carbocycles. The van der Waals surface area contributed by atoms with Crippen LogP contribution in [0, 0.1) is 0 Å². The van der Waals surface area contributed by atoms with Crippen LogP contribution in [-0.2, 0) is 4.79 Å². The maximum absolute atomic E-state index is 10.1. The molecule has 0 rings (SSSR count). The van der Waals surface area contributed by atoms with E-state index in [1.54, 1.807) is 7.05 Å². The van der Waals surface area contributed by atoms with E-state index >= 15 is 0 Å². The number of aliphatic carboxylic acids is 1. The van der Waals surface area contributed by atoms with Crippen molar-refractivity contribution in [2.45, 2.75) is 12.5 Å². The van der Waals surface area contributed by atoms with Crippen LogP contribution in [0.5, 0.6) is 0 Å². The fraction of sp³-hybridized carbons (Fsp3) is 0.800. The third-order valence-electron chi connectivity index (χ3n) is 1.06. The normalized spacial score (nSPS) is 13.1. The van der Waals surface area contributed by atoms with Gasteiger partial charge in [-0.25, -0.2) is 0 Å². The lowest BCUT2D eigenvalue weighted by atomic mass is 10.2. The summed E-state index contributed by atoms with van der Waals surface area (Å²) in [5.41, 5.74) is 0. The van der Waals surface area contributed by atoms with E-state index in [1.165, 1.54) is 0 Å². The lowest BCUT2D eigenvalue weighted by Gasteiger charge is -2.07. The number of likely N-dealkylation sites (N-methyl/N-ethyl adjacent to an activating group) is 1. The summed E-state index contributed by atoms with van der Waals surface area (Å²) in [6, 6.07) is -0.616. The largest absolute Gasteiger partial charge is 0.480 e.